The van der Waals surface area contributed by atoms with Gasteiger partial charge in [-0.3, -0.25) is 19.2 Å². The van der Waals surface area contributed by atoms with E-state index < -0.39 is 41.1 Å². The van der Waals surface area contributed by atoms with E-state index in [0.29, 0.717) is 38.8 Å². The van der Waals surface area contributed by atoms with Gasteiger partial charge in [0.15, 0.2) is 5.82 Å². The van der Waals surface area contributed by atoms with Gasteiger partial charge in [-0.25, -0.2) is 9.78 Å². The van der Waals surface area contributed by atoms with E-state index in [0.717, 1.165) is 17.5 Å². The number of anilines is 1. The number of likely N-dealkylation sites (tertiary alicyclic amines) is 1. The zero-order valence-electron chi connectivity index (χ0n) is 29.5. The van der Waals surface area contributed by atoms with Crippen molar-refractivity contribution < 1.29 is 28.7 Å². The lowest BCUT2D eigenvalue weighted by Gasteiger charge is -2.29. The molecule has 2 atom stereocenters. The molecule has 2 heterocycles. The first-order valence-corrected chi connectivity index (χ1v) is 17.0. The Morgan fingerprint density at radius 2 is 1.60 bits per heavy atom. The van der Waals surface area contributed by atoms with Crippen LogP contribution in [0.3, 0.4) is 0 Å². The van der Waals surface area contributed by atoms with E-state index in [9.17, 15) is 24.0 Å². The number of rotatable bonds is 14. The van der Waals surface area contributed by atoms with Gasteiger partial charge >= 0.3 is 6.09 Å². The topological polar surface area (TPSA) is 164 Å². The molecule has 1 fully saturated rings. The van der Waals surface area contributed by atoms with Gasteiger partial charge in [0.1, 0.15) is 29.8 Å². The summed E-state index contributed by atoms with van der Waals surface area (Å²) in [7, 11) is 0. The summed E-state index contributed by atoms with van der Waals surface area (Å²) >= 11 is 0. The SMILES string of the molecule is CC(C)(C)OC(=O)NC(C)(C)C(=O)NC(CCCc1ccccc1)C(=O)Nc1cn(CC(=O)N2CCCC2C(=O)NCc2ccccc2)cn1. The Kier molecular flexibility index (Phi) is 12.8. The Hall–Kier alpha value is -5.20. The van der Waals surface area contributed by atoms with Crippen molar-refractivity contribution in [1.82, 2.24) is 30.4 Å². The van der Waals surface area contributed by atoms with Gasteiger partial charge in [0, 0.05) is 19.3 Å². The first-order chi connectivity index (χ1) is 23.7. The molecule has 2 aromatic carbocycles. The molecule has 4 rings (SSSR count). The number of nitrogens with one attached hydrogen (secondary N) is 4. The van der Waals surface area contributed by atoms with Crippen LogP contribution in [0.2, 0.25) is 0 Å². The summed E-state index contributed by atoms with van der Waals surface area (Å²) in [5.41, 5.74) is -0.0578. The van der Waals surface area contributed by atoms with Gasteiger partial charge < -0.3 is 35.5 Å². The Labute approximate surface area is 293 Å². The van der Waals surface area contributed by atoms with E-state index in [1.54, 1.807) is 30.2 Å². The summed E-state index contributed by atoms with van der Waals surface area (Å²) in [6.07, 6.45) is 5.13. The summed E-state index contributed by atoms with van der Waals surface area (Å²) in [6, 6.07) is 17.9. The number of nitrogens with zero attached hydrogens (tertiary/aromatic N) is 3. The van der Waals surface area contributed by atoms with Crippen LogP contribution < -0.4 is 21.3 Å². The number of hydrogen-bond donors (Lipinski definition) is 4. The molecule has 0 aliphatic carbocycles. The number of carbonyl (C=O) groups is 5. The molecule has 1 aliphatic heterocycles. The summed E-state index contributed by atoms with van der Waals surface area (Å²) in [5.74, 6) is -1.28. The predicted molar refractivity (Wildman–Crippen MR) is 189 cm³/mol. The molecule has 1 aliphatic rings. The van der Waals surface area contributed by atoms with Crippen LogP contribution in [-0.4, -0.2) is 73.9 Å². The Morgan fingerprint density at radius 3 is 2.26 bits per heavy atom. The Balaban J connectivity index is 1.36. The first kappa shape index (κ1) is 37.6. The van der Waals surface area contributed by atoms with Gasteiger partial charge in [-0.1, -0.05) is 60.7 Å². The number of benzene rings is 2. The lowest BCUT2D eigenvalue weighted by Crippen LogP contribution is -2.58. The molecule has 3 aromatic rings. The van der Waals surface area contributed by atoms with Gasteiger partial charge in [-0.15, -0.1) is 0 Å². The summed E-state index contributed by atoms with van der Waals surface area (Å²) in [6.45, 7) is 9.02. The zero-order chi connectivity index (χ0) is 36.3. The van der Waals surface area contributed by atoms with Crippen molar-refractivity contribution in [3.63, 3.8) is 0 Å². The van der Waals surface area contributed by atoms with Crippen LogP contribution in [0.1, 0.15) is 71.4 Å². The van der Waals surface area contributed by atoms with E-state index >= 15 is 0 Å². The molecule has 0 bridgehead atoms. The standard InChI is InChI=1S/C37H49N7O6/c1-36(2,3)50-35(49)42-37(4,5)34(48)40-28(19-12-18-26-14-8-6-9-15-26)32(46)41-30-23-43(25-39-30)24-31(45)44-21-13-20-29(44)33(47)38-22-27-16-10-7-11-17-27/h6-11,14-17,23,25,28-29H,12-13,18-22,24H2,1-5H3,(H,38,47)(H,40,48)(H,41,46)(H,42,49). The lowest BCUT2D eigenvalue weighted by atomic mass is 10.0. The summed E-state index contributed by atoms with van der Waals surface area (Å²) in [5, 5.41) is 11.1. The highest BCUT2D eigenvalue weighted by Gasteiger charge is 2.35. The van der Waals surface area contributed by atoms with Crippen LogP contribution in [0, 0.1) is 0 Å². The number of aromatic nitrogens is 2. The van der Waals surface area contributed by atoms with Crippen molar-refractivity contribution in [2.45, 2.75) is 103 Å². The third-order valence-corrected chi connectivity index (χ3v) is 8.19. The smallest absolute Gasteiger partial charge is 0.408 e. The second kappa shape index (κ2) is 17.0. The van der Waals surface area contributed by atoms with Crippen LogP contribution in [0.4, 0.5) is 10.6 Å². The molecule has 13 nitrogen and oxygen atoms in total. The molecular weight excluding hydrogens is 638 g/mol. The van der Waals surface area contributed by atoms with Crippen LogP contribution in [-0.2, 0) is 43.4 Å². The minimum Gasteiger partial charge on any atom is -0.444 e. The second-order valence-corrected chi connectivity index (χ2v) is 14.0. The van der Waals surface area contributed by atoms with Crippen molar-refractivity contribution in [3.8, 4) is 0 Å². The molecule has 2 unspecified atom stereocenters. The van der Waals surface area contributed by atoms with E-state index in [1.165, 1.54) is 26.4 Å². The number of ether oxygens (including phenoxy) is 1. The quantitative estimate of drug-likeness (QED) is 0.200. The third-order valence-electron chi connectivity index (χ3n) is 8.19. The molecule has 50 heavy (non-hydrogen) atoms. The van der Waals surface area contributed by atoms with E-state index in [-0.39, 0.29) is 24.2 Å². The fourth-order valence-electron chi connectivity index (χ4n) is 5.59. The monoisotopic (exact) mass is 687 g/mol. The maximum atomic E-state index is 13.5. The molecule has 0 radical (unpaired) electrons. The van der Waals surface area contributed by atoms with Crippen LogP contribution in [0.15, 0.2) is 73.2 Å². The average Bonchev–Trinajstić information content (AvgIpc) is 3.73. The number of imidazole rings is 1. The maximum absolute atomic E-state index is 13.5. The van der Waals surface area contributed by atoms with Gasteiger partial charge in [-0.2, -0.15) is 0 Å². The molecule has 0 spiro atoms. The number of hydrogen-bond acceptors (Lipinski definition) is 7. The van der Waals surface area contributed by atoms with E-state index in [1.807, 2.05) is 60.7 Å². The number of aryl methyl sites for hydroxylation is 1. The molecule has 268 valence electrons. The Morgan fingerprint density at radius 1 is 0.940 bits per heavy atom. The molecule has 1 aromatic heterocycles. The fourth-order valence-corrected chi connectivity index (χ4v) is 5.59. The first-order valence-electron chi connectivity index (χ1n) is 17.0. The molecular formula is C37H49N7O6. The summed E-state index contributed by atoms with van der Waals surface area (Å²) in [4.78, 5) is 71.4. The molecule has 13 heteroatoms. The third kappa shape index (κ3) is 11.5. The number of amides is 5. The van der Waals surface area contributed by atoms with Crippen molar-refractivity contribution in [2.24, 2.45) is 0 Å². The lowest BCUT2D eigenvalue weighted by molar-refractivity contribution is -0.139. The second-order valence-electron chi connectivity index (χ2n) is 14.0. The number of carbonyl (C=O) groups excluding carboxylic acids is 5. The minimum absolute atomic E-state index is 0.0624. The normalized spacial score (nSPS) is 15.1. The molecule has 0 saturated carbocycles. The van der Waals surface area contributed by atoms with Crippen molar-refractivity contribution in [3.05, 3.63) is 84.3 Å². The van der Waals surface area contributed by atoms with Gasteiger partial charge in [0.05, 0.1) is 6.33 Å². The Bertz CT molecular complexity index is 1620. The molecule has 5 amide bonds. The maximum Gasteiger partial charge on any atom is 0.408 e. The van der Waals surface area contributed by atoms with Crippen LogP contribution in [0.5, 0.6) is 0 Å². The fraction of sp³-hybridized carbons (Fsp3) is 0.459. The molecule has 1 saturated heterocycles. The minimum atomic E-state index is -1.38. The highest BCUT2D eigenvalue weighted by Crippen LogP contribution is 2.19. The van der Waals surface area contributed by atoms with Crippen LogP contribution >= 0.6 is 0 Å². The average molecular weight is 688 g/mol. The highest BCUT2D eigenvalue weighted by atomic mass is 16.6. The van der Waals surface area contributed by atoms with Crippen molar-refractivity contribution >= 4 is 35.5 Å². The van der Waals surface area contributed by atoms with E-state index in [4.69, 9.17) is 4.74 Å². The largest absolute Gasteiger partial charge is 0.444 e. The van der Waals surface area contributed by atoms with Gasteiger partial charge in [0.25, 0.3) is 0 Å². The summed E-state index contributed by atoms with van der Waals surface area (Å²) < 4.78 is 6.86. The van der Waals surface area contributed by atoms with Gasteiger partial charge in [-0.05, 0) is 77.8 Å². The van der Waals surface area contributed by atoms with Crippen molar-refractivity contribution in [2.75, 3.05) is 11.9 Å². The zero-order valence-corrected chi connectivity index (χ0v) is 29.5. The van der Waals surface area contributed by atoms with E-state index in [2.05, 4.69) is 26.3 Å². The van der Waals surface area contributed by atoms with Crippen molar-refractivity contribution in [1.29, 1.82) is 0 Å². The highest BCUT2D eigenvalue weighted by molar-refractivity contribution is 5.98. The number of alkyl carbamates (subject to hydrolysis) is 1. The van der Waals surface area contributed by atoms with Gasteiger partial charge in [0.2, 0.25) is 23.6 Å². The predicted octanol–water partition coefficient (Wildman–Crippen LogP) is 3.94. The van der Waals surface area contributed by atoms with Crippen LogP contribution in [0.25, 0.3) is 0 Å². The molecule has 4 N–H and O–H groups in total.